The topological polar surface area (TPSA) is 138 Å². The molecule has 12 heteroatoms. The molecule has 0 bridgehead atoms. The lowest BCUT2D eigenvalue weighted by atomic mass is 9.96. The SMILES string of the molecule is CC(O)(CO)c1ccnc(-c2cccc3cc([C@H](NS(=O)(=O)C4CC4)c4c(Cl)cnc(N)c4F)sc23)c1. The molecule has 1 saturated carbocycles. The highest BCUT2D eigenvalue weighted by Gasteiger charge is 2.39. The summed E-state index contributed by atoms with van der Waals surface area (Å²) in [6.07, 6.45) is 3.82. The Kier molecular flexibility index (Phi) is 6.71. The summed E-state index contributed by atoms with van der Waals surface area (Å²) >= 11 is 7.60. The summed E-state index contributed by atoms with van der Waals surface area (Å²) in [7, 11) is -3.75. The predicted octanol–water partition coefficient (Wildman–Crippen LogP) is 4.10. The number of rotatable bonds is 8. The Morgan fingerprint density at radius 2 is 2.05 bits per heavy atom. The number of aromatic nitrogens is 2. The van der Waals surface area contributed by atoms with E-state index in [1.165, 1.54) is 24.5 Å². The molecule has 0 aliphatic heterocycles. The Balaban J connectivity index is 1.67. The van der Waals surface area contributed by atoms with Crippen LogP contribution in [0.4, 0.5) is 10.2 Å². The van der Waals surface area contributed by atoms with Crippen LogP contribution in [0.3, 0.4) is 0 Å². The lowest BCUT2D eigenvalue weighted by molar-refractivity contribution is -0.00230. The van der Waals surface area contributed by atoms with Gasteiger partial charge in [-0.2, -0.15) is 0 Å². The first kappa shape index (κ1) is 26.0. The Morgan fingerprint density at radius 1 is 1.30 bits per heavy atom. The second-order valence-corrected chi connectivity index (χ2v) is 12.7. The van der Waals surface area contributed by atoms with Crippen LogP contribution in [-0.2, 0) is 15.6 Å². The average Bonchev–Trinajstić information content (AvgIpc) is 3.65. The first-order valence-corrected chi connectivity index (χ1v) is 14.2. The largest absolute Gasteiger partial charge is 0.393 e. The van der Waals surface area contributed by atoms with Crippen LogP contribution >= 0.6 is 22.9 Å². The third-order valence-corrected chi connectivity index (χ3v) is 9.85. The van der Waals surface area contributed by atoms with Crippen LogP contribution in [-0.4, -0.2) is 40.5 Å². The molecule has 1 unspecified atom stereocenters. The minimum absolute atomic E-state index is 0.0477. The van der Waals surface area contributed by atoms with Crippen LogP contribution in [0.15, 0.2) is 48.8 Å². The molecule has 0 saturated heterocycles. The number of thiophene rings is 1. The molecular formula is C25H24ClFN4O4S2. The Bertz CT molecular complexity index is 1610. The summed E-state index contributed by atoms with van der Waals surface area (Å²) in [6, 6.07) is 9.51. The maximum absolute atomic E-state index is 15.2. The molecule has 194 valence electrons. The molecule has 0 spiro atoms. The Morgan fingerprint density at radius 3 is 2.76 bits per heavy atom. The van der Waals surface area contributed by atoms with Gasteiger partial charge in [-0.1, -0.05) is 29.8 Å². The number of aliphatic hydroxyl groups is 2. The van der Waals surface area contributed by atoms with Gasteiger partial charge < -0.3 is 15.9 Å². The number of sulfonamides is 1. The fourth-order valence-corrected chi connectivity index (χ4v) is 7.17. The molecule has 0 radical (unpaired) electrons. The van der Waals surface area contributed by atoms with E-state index in [1.807, 2.05) is 18.2 Å². The number of pyridine rings is 2. The molecule has 1 aromatic carbocycles. The van der Waals surface area contributed by atoms with Crippen LogP contribution in [0.25, 0.3) is 21.3 Å². The van der Waals surface area contributed by atoms with Gasteiger partial charge in [-0.05, 0) is 48.9 Å². The molecular weight excluding hydrogens is 539 g/mol. The van der Waals surface area contributed by atoms with Gasteiger partial charge in [-0.25, -0.2) is 22.5 Å². The van der Waals surface area contributed by atoms with E-state index in [2.05, 4.69) is 14.7 Å². The van der Waals surface area contributed by atoms with Crippen molar-refractivity contribution in [1.29, 1.82) is 0 Å². The molecule has 1 aliphatic carbocycles. The molecule has 5 rings (SSSR count). The fourth-order valence-electron chi connectivity index (χ4n) is 4.09. The highest BCUT2D eigenvalue weighted by molar-refractivity contribution is 7.90. The number of halogens is 2. The number of benzene rings is 1. The normalized spacial score (nSPS) is 16.6. The summed E-state index contributed by atoms with van der Waals surface area (Å²) in [5.41, 5.74) is 5.94. The van der Waals surface area contributed by atoms with Crippen molar-refractivity contribution in [3.8, 4) is 11.3 Å². The number of hydrogen-bond acceptors (Lipinski definition) is 8. The van der Waals surface area contributed by atoms with Crippen molar-refractivity contribution < 1.29 is 23.0 Å². The van der Waals surface area contributed by atoms with Gasteiger partial charge in [0.25, 0.3) is 0 Å². The minimum Gasteiger partial charge on any atom is -0.393 e. The summed E-state index contributed by atoms with van der Waals surface area (Å²) in [5, 5.41) is 20.3. The zero-order valence-electron chi connectivity index (χ0n) is 19.6. The van der Waals surface area contributed by atoms with Gasteiger partial charge in [0.1, 0.15) is 5.60 Å². The number of nitrogens with two attached hydrogens (primary N) is 1. The molecule has 0 amide bonds. The van der Waals surface area contributed by atoms with E-state index >= 15 is 4.39 Å². The molecule has 3 aromatic heterocycles. The highest BCUT2D eigenvalue weighted by Crippen LogP contribution is 2.42. The van der Waals surface area contributed by atoms with Crippen LogP contribution < -0.4 is 10.5 Å². The van der Waals surface area contributed by atoms with E-state index in [-0.39, 0.29) is 16.4 Å². The molecule has 8 nitrogen and oxygen atoms in total. The third-order valence-electron chi connectivity index (χ3n) is 6.38. The Labute approximate surface area is 222 Å². The van der Waals surface area contributed by atoms with Crippen molar-refractivity contribution in [2.45, 2.75) is 36.7 Å². The summed E-state index contributed by atoms with van der Waals surface area (Å²) in [4.78, 5) is 8.70. The third kappa shape index (κ3) is 4.95. The van der Waals surface area contributed by atoms with Gasteiger partial charge in [-0.3, -0.25) is 4.98 Å². The number of hydrogen-bond donors (Lipinski definition) is 4. The first-order valence-electron chi connectivity index (χ1n) is 11.4. The molecule has 3 heterocycles. The molecule has 5 N–H and O–H groups in total. The zero-order chi connectivity index (χ0) is 26.5. The zero-order valence-corrected chi connectivity index (χ0v) is 22.0. The molecule has 37 heavy (non-hydrogen) atoms. The number of aliphatic hydroxyl groups excluding tert-OH is 1. The molecule has 2 atom stereocenters. The van der Waals surface area contributed by atoms with E-state index in [4.69, 9.17) is 17.3 Å². The quantitative estimate of drug-likeness (QED) is 0.253. The van der Waals surface area contributed by atoms with Crippen molar-refractivity contribution in [1.82, 2.24) is 14.7 Å². The fraction of sp³-hybridized carbons (Fsp3) is 0.280. The van der Waals surface area contributed by atoms with Crippen molar-refractivity contribution in [2.24, 2.45) is 0 Å². The monoisotopic (exact) mass is 562 g/mol. The summed E-state index contributed by atoms with van der Waals surface area (Å²) in [5.74, 6) is -1.26. The first-order chi connectivity index (χ1) is 17.5. The number of anilines is 1. The second-order valence-electron chi connectivity index (χ2n) is 9.25. The van der Waals surface area contributed by atoms with Crippen molar-refractivity contribution in [2.75, 3.05) is 12.3 Å². The van der Waals surface area contributed by atoms with Crippen LogP contribution in [0.1, 0.15) is 41.8 Å². The van der Waals surface area contributed by atoms with E-state index in [0.29, 0.717) is 29.0 Å². The van der Waals surface area contributed by atoms with E-state index < -0.39 is 39.3 Å². The summed E-state index contributed by atoms with van der Waals surface area (Å²) < 4.78 is 44.5. The van der Waals surface area contributed by atoms with Crippen molar-refractivity contribution in [3.05, 3.63) is 75.6 Å². The number of nitrogen functional groups attached to an aromatic ring is 1. The lowest BCUT2D eigenvalue weighted by Crippen LogP contribution is -2.32. The van der Waals surface area contributed by atoms with Crippen molar-refractivity contribution in [3.63, 3.8) is 0 Å². The number of fused-ring (bicyclic) bond motifs is 1. The van der Waals surface area contributed by atoms with E-state index in [0.717, 1.165) is 15.6 Å². The molecule has 4 aromatic rings. The average molecular weight is 563 g/mol. The summed E-state index contributed by atoms with van der Waals surface area (Å²) in [6.45, 7) is 1.04. The lowest BCUT2D eigenvalue weighted by Gasteiger charge is -2.21. The number of nitrogens with one attached hydrogen (secondary N) is 1. The maximum atomic E-state index is 15.2. The maximum Gasteiger partial charge on any atom is 0.215 e. The van der Waals surface area contributed by atoms with E-state index in [9.17, 15) is 18.6 Å². The van der Waals surface area contributed by atoms with Crippen molar-refractivity contribution >= 4 is 48.9 Å². The number of nitrogens with zero attached hydrogens (tertiary/aromatic N) is 2. The smallest absolute Gasteiger partial charge is 0.215 e. The van der Waals surface area contributed by atoms with Gasteiger partial charge in [0, 0.05) is 33.1 Å². The minimum atomic E-state index is -3.75. The van der Waals surface area contributed by atoms with Crippen LogP contribution in [0, 0.1) is 5.82 Å². The second kappa shape index (κ2) is 9.57. The van der Waals surface area contributed by atoms with Gasteiger partial charge in [0.15, 0.2) is 11.6 Å². The predicted molar refractivity (Wildman–Crippen MR) is 142 cm³/mol. The van der Waals surface area contributed by atoms with Crippen LogP contribution in [0.5, 0.6) is 0 Å². The van der Waals surface area contributed by atoms with Gasteiger partial charge in [0.05, 0.1) is 28.6 Å². The van der Waals surface area contributed by atoms with E-state index in [1.54, 1.807) is 24.4 Å². The van der Waals surface area contributed by atoms with Gasteiger partial charge in [-0.15, -0.1) is 11.3 Å². The van der Waals surface area contributed by atoms with Gasteiger partial charge in [0.2, 0.25) is 10.0 Å². The van der Waals surface area contributed by atoms with Gasteiger partial charge >= 0.3 is 0 Å². The molecule has 1 fully saturated rings. The highest BCUT2D eigenvalue weighted by atomic mass is 35.5. The Hall–Kier alpha value is -2.67. The molecule has 1 aliphatic rings. The van der Waals surface area contributed by atoms with Crippen LogP contribution in [0.2, 0.25) is 5.02 Å². The standard InChI is InChI=1S/C25H24ClFN4O4S2/c1-25(33,12-32)14-7-8-29-18(10-14)16-4-2-3-13-9-19(36-23(13)16)22(31-37(34,35)15-5-6-15)20-17(26)11-30-24(28)21(20)27/h2-4,7-11,15,22,31-33H,5-6,12H2,1H3,(H2,28,30)/t22-,25?/m0/s1.